The quantitative estimate of drug-likeness (QED) is 0.664. The minimum Gasteiger partial charge on any atom is -0.458 e. The van der Waals surface area contributed by atoms with Gasteiger partial charge in [0.2, 0.25) is 0 Å². The Bertz CT molecular complexity index is 725. The molecule has 6 heteroatoms. The highest BCUT2D eigenvalue weighted by atomic mass is 16.3. The third-order valence-corrected chi connectivity index (χ3v) is 3.42. The predicted octanol–water partition coefficient (Wildman–Crippen LogP) is 1.72. The van der Waals surface area contributed by atoms with Gasteiger partial charge in [-0.25, -0.2) is 9.69 Å². The average molecular weight is 269 g/mol. The van der Waals surface area contributed by atoms with Gasteiger partial charge in [0.15, 0.2) is 5.54 Å². The first-order valence-corrected chi connectivity index (χ1v) is 6.06. The van der Waals surface area contributed by atoms with Crippen LogP contribution in [0, 0.1) is 11.3 Å². The third-order valence-electron chi connectivity index (χ3n) is 3.42. The van der Waals surface area contributed by atoms with Gasteiger partial charge in [-0.3, -0.25) is 4.79 Å². The summed E-state index contributed by atoms with van der Waals surface area (Å²) in [6.45, 7) is 1.29. The van der Waals surface area contributed by atoms with Gasteiger partial charge in [0.05, 0.1) is 6.07 Å². The lowest BCUT2D eigenvalue weighted by atomic mass is 9.99. The van der Waals surface area contributed by atoms with Crippen molar-refractivity contribution in [2.75, 3.05) is 6.54 Å². The van der Waals surface area contributed by atoms with Gasteiger partial charge in [-0.2, -0.15) is 5.26 Å². The highest BCUT2D eigenvalue weighted by molar-refractivity contribution is 6.07. The molecule has 0 radical (unpaired) electrons. The maximum Gasteiger partial charge on any atom is 0.326 e. The number of hydrogen-bond acceptors (Lipinski definition) is 4. The number of imide groups is 1. The van der Waals surface area contributed by atoms with Crippen molar-refractivity contribution >= 4 is 22.9 Å². The summed E-state index contributed by atoms with van der Waals surface area (Å²) in [6, 6.07) is 10.3. The third kappa shape index (κ3) is 1.57. The molecule has 1 N–H and O–H groups in total. The van der Waals surface area contributed by atoms with Crippen molar-refractivity contribution in [1.82, 2.24) is 10.2 Å². The van der Waals surface area contributed by atoms with E-state index in [4.69, 9.17) is 9.68 Å². The van der Waals surface area contributed by atoms with Crippen molar-refractivity contribution in [3.63, 3.8) is 0 Å². The van der Waals surface area contributed by atoms with Crippen LogP contribution in [0.15, 0.2) is 34.7 Å². The fourth-order valence-electron chi connectivity index (χ4n) is 2.31. The van der Waals surface area contributed by atoms with Crippen LogP contribution in [0.1, 0.15) is 12.7 Å². The largest absolute Gasteiger partial charge is 0.458 e. The zero-order valence-electron chi connectivity index (χ0n) is 10.7. The molecule has 1 aromatic heterocycles. The van der Waals surface area contributed by atoms with Crippen LogP contribution in [0.3, 0.4) is 0 Å². The molecule has 0 bridgehead atoms. The molecule has 1 fully saturated rings. The molecule has 2 heterocycles. The highest BCUT2D eigenvalue weighted by Gasteiger charge is 2.51. The summed E-state index contributed by atoms with van der Waals surface area (Å²) in [5.74, 6) is -0.124. The van der Waals surface area contributed by atoms with Gasteiger partial charge in [-0.05, 0) is 19.1 Å². The van der Waals surface area contributed by atoms with E-state index in [9.17, 15) is 9.59 Å². The molecule has 0 spiro atoms. The Kier molecular flexibility index (Phi) is 2.51. The SMILES string of the molecule is CC1(c2cc3ccccc3o2)NC(=O)N(CC#N)C1=O. The van der Waals surface area contributed by atoms with E-state index in [1.165, 1.54) is 0 Å². The zero-order valence-corrected chi connectivity index (χ0v) is 10.7. The van der Waals surface area contributed by atoms with E-state index in [2.05, 4.69) is 5.32 Å². The molecule has 1 unspecified atom stereocenters. The first-order chi connectivity index (χ1) is 9.56. The standard InChI is InChI=1S/C14H11N3O3/c1-14(12(18)17(7-6-15)13(19)16-14)11-8-9-4-2-3-5-10(9)20-11/h2-5,8H,7H2,1H3,(H,16,19). The molecule has 1 atom stereocenters. The second kappa shape index (κ2) is 4.10. The van der Waals surface area contributed by atoms with Crippen LogP contribution in [0.25, 0.3) is 11.0 Å². The summed E-state index contributed by atoms with van der Waals surface area (Å²) in [7, 11) is 0. The average Bonchev–Trinajstić information content (AvgIpc) is 2.95. The number of nitrogens with zero attached hydrogens (tertiary/aromatic N) is 2. The van der Waals surface area contributed by atoms with Crippen LogP contribution in [-0.4, -0.2) is 23.4 Å². The molecule has 100 valence electrons. The molecule has 1 aliphatic rings. The molecule has 6 nitrogen and oxygen atoms in total. The number of fused-ring (bicyclic) bond motifs is 1. The Balaban J connectivity index is 2.06. The minimum atomic E-state index is -1.27. The highest BCUT2D eigenvalue weighted by Crippen LogP contribution is 2.32. The topological polar surface area (TPSA) is 86.3 Å². The van der Waals surface area contributed by atoms with Crippen molar-refractivity contribution in [2.24, 2.45) is 0 Å². The molecule has 0 aliphatic carbocycles. The maximum atomic E-state index is 12.3. The van der Waals surface area contributed by atoms with E-state index >= 15 is 0 Å². The minimum absolute atomic E-state index is 0.277. The Morgan fingerprint density at radius 2 is 2.15 bits per heavy atom. The van der Waals surface area contributed by atoms with Gasteiger partial charge < -0.3 is 9.73 Å². The summed E-state index contributed by atoms with van der Waals surface area (Å²) >= 11 is 0. The molecular formula is C14H11N3O3. The predicted molar refractivity (Wildman–Crippen MR) is 69.4 cm³/mol. The molecule has 3 amide bonds. The number of furan rings is 1. The normalized spacial score (nSPS) is 22.1. The Labute approximate surface area is 114 Å². The molecule has 3 rings (SSSR count). The van der Waals surface area contributed by atoms with Crippen LogP contribution in [-0.2, 0) is 10.3 Å². The number of urea groups is 1. The fraction of sp³-hybridized carbons (Fsp3) is 0.214. The second-order valence-corrected chi connectivity index (χ2v) is 4.75. The summed E-state index contributed by atoms with van der Waals surface area (Å²) in [5, 5.41) is 12.1. The number of carbonyl (C=O) groups is 2. The first-order valence-electron chi connectivity index (χ1n) is 6.06. The van der Waals surface area contributed by atoms with Crippen molar-refractivity contribution < 1.29 is 14.0 Å². The number of carbonyl (C=O) groups excluding carboxylic acids is 2. The van der Waals surface area contributed by atoms with Gasteiger partial charge in [-0.15, -0.1) is 0 Å². The van der Waals surface area contributed by atoms with Crippen molar-refractivity contribution in [3.8, 4) is 6.07 Å². The van der Waals surface area contributed by atoms with E-state index in [0.29, 0.717) is 11.3 Å². The molecule has 20 heavy (non-hydrogen) atoms. The van der Waals surface area contributed by atoms with Crippen LogP contribution < -0.4 is 5.32 Å². The summed E-state index contributed by atoms with van der Waals surface area (Å²) in [6.07, 6.45) is 0. The molecule has 2 aromatic rings. The Morgan fingerprint density at radius 1 is 1.40 bits per heavy atom. The van der Waals surface area contributed by atoms with E-state index in [0.717, 1.165) is 10.3 Å². The number of amides is 3. The van der Waals surface area contributed by atoms with Crippen LogP contribution in [0.2, 0.25) is 0 Å². The van der Waals surface area contributed by atoms with Gasteiger partial charge in [0.1, 0.15) is 17.9 Å². The van der Waals surface area contributed by atoms with Gasteiger partial charge in [-0.1, -0.05) is 18.2 Å². The fourth-order valence-corrected chi connectivity index (χ4v) is 2.31. The summed E-state index contributed by atoms with van der Waals surface area (Å²) in [4.78, 5) is 25.0. The smallest absolute Gasteiger partial charge is 0.326 e. The molecule has 0 saturated carbocycles. The van der Waals surface area contributed by atoms with E-state index in [-0.39, 0.29) is 6.54 Å². The van der Waals surface area contributed by atoms with Crippen LogP contribution in [0.4, 0.5) is 4.79 Å². The number of nitrogens with one attached hydrogen (secondary N) is 1. The zero-order chi connectivity index (χ0) is 14.3. The first kappa shape index (κ1) is 12.2. The number of nitriles is 1. The summed E-state index contributed by atoms with van der Waals surface area (Å²) < 4.78 is 5.66. The van der Waals surface area contributed by atoms with E-state index in [1.54, 1.807) is 25.1 Å². The van der Waals surface area contributed by atoms with Gasteiger partial charge in [0.25, 0.3) is 5.91 Å². The van der Waals surface area contributed by atoms with E-state index < -0.39 is 17.5 Å². The monoisotopic (exact) mass is 269 g/mol. The lowest BCUT2D eigenvalue weighted by Crippen LogP contribution is -2.40. The number of hydrogen-bond donors (Lipinski definition) is 1. The van der Waals surface area contributed by atoms with Gasteiger partial charge in [0, 0.05) is 5.39 Å². The Morgan fingerprint density at radius 3 is 2.85 bits per heavy atom. The number of benzene rings is 1. The Hall–Kier alpha value is -2.81. The molecule has 1 saturated heterocycles. The number of rotatable bonds is 2. The van der Waals surface area contributed by atoms with Crippen molar-refractivity contribution in [3.05, 3.63) is 36.1 Å². The lowest BCUT2D eigenvalue weighted by Gasteiger charge is -2.18. The lowest BCUT2D eigenvalue weighted by molar-refractivity contribution is -0.131. The maximum absolute atomic E-state index is 12.3. The number of para-hydroxylation sites is 1. The van der Waals surface area contributed by atoms with Crippen molar-refractivity contribution in [2.45, 2.75) is 12.5 Å². The molecule has 1 aromatic carbocycles. The van der Waals surface area contributed by atoms with Crippen molar-refractivity contribution in [1.29, 1.82) is 5.26 Å². The van der Waals surface area contributed by atoms with Crippen LogP contribution in [0.5, 0.6) is 0 Å². The molecular weight excluding hydrogens is 258 g/mol. The van der Waals surface area contributed by atoms with Crippen LogP contribution >= 0.6 is 0 Å². The molecule has 1 aliphatic heterocycles. The second-order valence-electron chi connectivity index (χ2n) is 4.75. The summed E-state index contributed by atoms with van der Waals surface area (Å²) in [5.41, 5.74) is -0.628. The van der Waals surface area contributed by atoms with Gasteiger partial charge >= 0.3 is 6.03 Å². The van der Waals surface area contributed by atoms with E-state index in [1.807, 2.05) is 18.2 Å².